The van der Waals surface area contributed by atoms with Crippen LogP contribution in [0.2, 0.25) is 5.02 Å². The number of carboxylic acid groups (broad SMARTS) is 2. The van der Waals surface area contributed by atoms with Crippen LogP contribution in [-0.2, 0) is 22.4 Å². The summed E-state index contributed by atoms with van der Waals surface area (Å²) in [6.07, 6.45) is 5.32. The molecule has 2 N–H and O–H groups in total. The quantitative estimate of drug-likeness (QED) is 0.106. The molecule has 0 radical (unpaired) electrons. The van der Waals surface area contributed by atoms with E-state index in [4.69, 9.17) is 26.2 Å². The van der Waals surface area contributed by atoms with Crippen LogP contribution in [0.1, 0.15) is 56.1 Å². The third-order valence-electron chi connectivity index (χ3n) is 7.49. The first-order valence-corrected chi connectivity index (χ1v) is 15.6. The third kappa shape index (κ3) is 10.6. The van der Waals surface area contributed by atoms with Crippen molar-refractivity contribution < 1.29 is 33.7 Å². The van der Waals surface area contributed by atoms with E-state index in [9.17, 15) is 19.1 Å². The largest absolute Gasteiger partial charge is 0.494 e. The number of ether oxygens (including phenoxy) is 2. The molecule has 0 saturated heterocycles. The maximum Gasteiger partial charge on any atom is 0.303 e. The Morgan fingerprint density at radius 2 is 1.36 bits per heavy atom. The summed E-state index contributed by atoms with van der Waals surface area (Å²) in [5, 5.41) is 18.2. The van der Waals surface area contributed by atoms with Crippen molar-refractivity contribution in [1.82, 2.24) is 0 Å². The number of rotatable bonds is 18. The maximum atomic E-state index is 13.8. The monoisotopic (exact) mass is 632 g/mol. The molecule has 0 fully saturated rings. The highest BCUT2D eigenvalue weighted by atomic mass is 35.5. The van der Waals surface area contributed by atoms with Crippen molar-refractivity contribution in [3.8, 4) is 33.8 Å². The van der Waals surface area contributed by atoms with E-state index in [-0.39, 0.29) is 24.5 Å². The lowest BCUT2D eigenvalue weighted by Gasteiger charge is -2.15. The van der Waals surface area contributed by atoms with Crippen LogP contribution in [0.5, 0.6) is 11.5 Å². The number of benzene rings is 4. The summed E-state index contributed by atoms with van der Waals surface area (Å²) in [5.74, 6) is -0.835. The molecule has 8 heteroatoms. The third-order valence-corrected chi connectivity index (χ3v) is 7.78. The van der Waals surface area contributed by atoms with Gasteiger partial charge in [0, 0.05) is 12.8 Å². The van der Waals surface area contributed by atoms with Gasteiger partial charge in [-0.25, -0.2) is 4.39 Å². The van der Waals surface area contributed by atoms with Crippen LogP contribution in [0.15, 0.2) is 84.9 Å². The molecule has 45 heavy (non-hydrogen) atoms. The highest BCUT2D eigenvalue weighted by molar-refractivity contribution is 6.31. The Balaban J connectivity index is 1.32. The first-order valence-electron chi connectivity index (χ1n) is 15.3. The van der Waals surface area contributed by atoms with E-state index < -0.39 is 17.8 Å². The van der Waals surface area contributed by atoms with Gasteiger partial charge in [0.15, 0.2) is 0 Å². The Bertz CT molecular complexity index is 1570. The Labute approximate surface area is 268 Å². The summed E-state index contributed by atoms with van der Waals surface area (Å²) in [7, 11) is 0. The fraction of sp³-hybridized carbons (Fsp3) is 0.297. The second-order valence-electron chi connectivity index (χ2n) is 10.9. The predicted octanol–water partition coefficient (Wildman–Crippen LogP) is 9.26. The second-order valence-corrected chi connectivity index (χ2v) is 11.3. The number of carbonyl (C=O) groups is 2. The number of hydrogen-bond donors (Lipinski definition) is 2. The fourth-order valence-electron chi connectivity index (χ4n) is 5.18. The Morgan fingerprint density at radius 1 is 0.644 bits per heavy atom. The van der Waals surface area contributed by atoms with Crippen molar-refractivity contribution in [3.05, 3.63) is 107 Å². The lowest BCUT2D eigenvalue weighted by atomic mass is 9.97. The lowest BCUT2D eigenvalue weighted by molar-refractivity contribution is -0.138. The zero-order valence-corrected chi connectivity index (χ0v) is 25.9. The smallest absolute Gasteiger partial charge is 0.303 e. The minimum absolute atomic E-state index is 0.00121. The van der Waals surface area contributed by atoms with Gasteiger partial charge < -0.3 is 19.7 Å². The molecule has 4 rings (SSSR count). The van der Waals surface area contributed by atoms with Crippen molar-refractivity contribution in [2.45, 2.75) is 57.8 Å². The fourth-order valence-corrected chi connectivity index (χ4v) is 5.37. The Hall–Kier alpha value is -4.36. The average Bonchev–Trinajstić information content (AvgIpc) is 3.03. The highest BCUT2D eigenvalue weighted by Gasteiger charge is 2.13. The van der Waals surface area contributed by atoms with Crippen molar-refractivity contribution >= 4 is 23.5 Å². The van der Waals surface area contributed by atoms with E-state index in [1.54, 1.807) is 12.1 Å². The average molecular weight is 633 g/mol. The topological polar surface area (TPSA) is 93.1 Å². The van der Waals surface area contributed by atoms with Crippen LogP contribution in [-0.4, -0.2) is 35.4 Å². The molecule has 0 amide bonds. The molecule has 0 bridgehead atoms. The Kier molecular flexibility index (Phi) is 12.8. The number of carboxylic acids is 2. The normalized spacial score (nSPS) is 10.9. The predicted molar refractivity (Wildman–Crippen MR) is 175 cm³/mol. The van der Waals surface area contributed by atoms with Gasteiger partial charge in [-0.2, -0.15) is 0 Å². The second kappa shape index (κ2) is 17.2. The van der Waals surface area contributed by atoms with E-state index in [1.807, 2.05) is 66.7 Å². The molecule has 0 atom stereocenters. The van der Waals surface area contributed by atoms with E-state index >= 15 is 0 Å². The summed E-state index contributed by atoms with van der Waals surface area (Å²) in [4.78, 5) is 22.1. The van der Waals surface area contributed by atoms with E-state index in [2.05, 4.69) is 0 Å². The van der Waals surface area contributed by atoms with Crippen LogP contribution >= 0.6 is 11.6 Å². The molecule has 6 nitrogen and oxygen atoms in total. The molecule has 0 aliphatic carbocycles. The van der Waals surface area contributed by atoms with Crippen LogP contribution in [0.3, 0.4) is 0 Å². The van der Waals surface area contributed by atoms with Crippen LogP contribution in [0.4, 0.5) is 4.39 Å². The minimum atomic E-state index is -0.871. The van der Waals surface area contributed by atoms with Gasteiger partial charge in [0.25, 0.3) is 0 Å². The van der Waals surface area contributed by atoms with Crippen LogP contribution in [0, 0.1) is 5.82 Å². The standard InChI is InChI=1S/C37H38ClFO6/c38-33-25-28(16-18-34(33)39)30-22-29(26-10-5-3-6-11-26)23-31(24-30)44-20-7-2-1-4-12-27-13-8-14-35(32(27)17-19-37(42)43)45-21-9-15-36(40)41/h3,5-6,8,10-11,13-14,16,18,22-25H,1-2,4,7,9,12,15,17,19-21H2,(H,40,41)(H,42,43). The lowest BCUT2D eigenvalue weighted by Crippen LogP contribution is -2.07. The van der Waals surface area contributed by atoms with E-state index in [0.717, 1.165) is 71.2 Å². The Morgan fingerprint density at radius 3 is 2.09 bits per heavy atom. The van der Waals surface area contributed by atoms with Gasteiger partial charge in [0.1, 0.15) is 17.3 Å². The number of aryl methyl sites for hydroxylation is 1. The number of hydrogen-bond acceptors (Lipinski definition) is 4. The maximum absolute atomic E-state index is 13.8. The minimum Gasteiger partial charge on any atom is -0.494 e. The summed E-state index contributed by atoms with van der Waals surface area (Å²) in [6.45, 7) is 0.814. The summed E-state index contributed by atoms with van der Waals surface area (Å²) in [6, 6.07) is 26.5. The summed E-state index contributed by atoms with van der Waals surface area (Å²) in [5.41, 5.74) is 5.69. The molecule has 0 saturated carbocycles. The van der Waals surface area contributed by atoms with Gasteiger partial charge in [0.2, 0.25) is 0 Å². The van der Waals surface area contributed by atoms with Crippen LogP contribution < -0.4 is 9.47 Å². The van der Waals surface area contributed by atoms with Crippen molar-refractivity contribution in [2.75, 3.05) is 13.2 Å². The van der Waals surface area contributed by atoms with Gasteiger partial charge in [-0.3, -0.25) is 9.59 Å². The van der Waals surface area contributed by atoms with Crippen molar-refractivity contribution in [2.24, 2.45) is 0 Å². The molecule has 4 aromatic rings. The summed E-state index contributed by atoms with van der Waals surface area (Å²) >= 11 is 6.07. The molecule has 4 aromatic carbocycles. The molecule has 236 valence electrons. The zero-order chi connectivity index (χ0) is 32.0. The zero-order valence-electron chi connectivity index (χ0n) is 25.1. The number of unbranched alkanes of at least 4 members (excludes halogenated alkanes) is 3. The molecular formula is C37H38ClFO6. The molecule has 0 unspecified atom stereocenters. The van der Waals surface area contributed by atoms with Gasteiger partial charge in [-0.1, -0.05) is 73.0 Å². The van der Waals surface area contributed by atoms with Gasteiger partial charge >= 0.3 is 11.9 Å². The molecule has 0 heterocycles. The molecule has 0 spiro atoms. The summed E-state index contributed by atoms with van der Waals surface area (Å²) < 4.78 is 25.8. The van der Waals surface area contributed by atoms with Gasteiger partial charge in [-0.05, 0) is 102 Å². The van der Waals surface area contributed by atoms with Gasteiger partial charge in [-0.15, -0.1) is 0 Å². The van der Waals surface area contributed by atoms with Crippen molar-refractivity contribution in [1.29, 1.82) is 0 Å². The first kappa shape index (κ1) is 33.5. The molecule has 0 aromatic heterocycles. The molecule has 0 aliphatic heterocycles. The number of halogens is 2. The molecular weight excluding hydrogens is 595 g/mol. The first-order chi connectivity index (χ1) is 21.8. The highest BCUT2D eigenvalue weighted by Crippen LogP contribution is 2.33. The van der Waals surface area contributed by atoms with E-state index in [0.29, 0.717) is 25.2 Å². The van der Waals surface area contributed by atoms with Gasteiger partial charge in [0.05, 0.1) is 18.2 Å². The van der Waals surface area contributed by atoms with E-state index in [1.165, 1.54) is 6.07 Å². The van der Waals surface area contributed by atoms with Crippen LogP contribution in [0.25, 0.3) is 22.3 Å². The SMILES string of the molecule is O=C(O)CCCOc1cccc(CCCCCCOc2cc(-c3ccccc3)cc(-c3ccc(F)c(Cl)c3)c2)c1CCC(=O)O. The molecule has 0 aliphatic rings. The van der Waals surface area contributed by atoms with Crippen molar-refractivity contribution in [3.63, 3.8) is 0 Å². The number of aliphatic carboxylic acids is 2.